The van der Waals surface area contributed by atoms with E-state index in [2.05, 4.69) is 25.9 Å². The Morgan fingerprint density at radius 1 is 1.26 bits per heavy atom. The average Bonchev–Trinajstić information content (AvgIpc) is 2.62. The lowest BCUT2D eigenvalue weighted by Gasteiger charge is -2.33. The molecule has 9 heteroatoms. The zero-order chi connectivity index (χ0) is 19.8. The molecule has 0 spiro atoms. The van der Waals surface area contributed by atoms with Gasteiger partial charge >= 0.3 is 6.03 Å². The van der Waals surface area contributed by atoms with Crippen LogP contribution >= 0.6 is 0 Å². The lowest BCUT2D eigenvalue weighted by molar-refractivity contribution is -0.135. The Kier molecular flexibility index (Phi) is 7.63. The third-order valence-corrected chi connectivity index (χ3v) is 4.54. The van der Waals surface area contributed by atoms with Gasteiger partial charge in [-0.3, -0.25) is 14.6 Å². The zero-order valence-electron chi connectivity index (χ0n) is 16.3. The van der Waals surface area contributed by atoms with E-state index < -0.39 is 0 Å². The number of amides is 3. The SMILES string of the molecule is Cc1cc(=O)[nH]c(NCCNC(=O)NCC2CCN(C(=O)C(C)C)CC2)n1. The van der Waals surface area contributed by atoms with Crippen molar-refractivity contribution in [2.75, 3.05) is 38.0 Å². The van der Waals surface area contributed by atoms with Crippen molar-refractivity contribution in [3.63, 3.8) is 0 Å². The van der Waals surface area contributed by atoms with Crippen molar-refractivity contribution >= 4 is 17.9 Å². The fraction of sp³-hybridized carbons (Fsp3) is 0.667. The summed E-state index contributed by atoms with van der Waals surface area (Å²) >= 11 is 0. The molecule has 1 aromatic heterocycles. The lowest BCUT2D eigenvalue weighted by Crippen LogP contribution is -2.45. The number of nitrogens with one attached hydrogen (secondary N) is 4. The summed E-state index contributed by atoms with van der Waals surface area (Å²) in [6.07, 6.45) is 1.82. The van der Waals surface area contributed by atoms with Gasteiger partial charge in [0.25, 0.3) is 5.56 Å². The van der Waals surface area contributed by atoms with Crippen LogP contribution < -0.4 is 21.5 Å². The fourth-order valence-corrected chi connectivity index (χ4v) is 3.04. The van der Waals surface area contributed by atoms with E-state index in [4.69, 9.17) is 0 Å². The molecular weight excluding hydrogens is 348 g/mol. The van der Waals surface area contributed by atoms with Gasteiger partial charge in [0.05, 0.1) is 0 Å². The number of urea groups is 1. The number of rotatable bonds is 7. The third kappa shape index (κ3) is 6.92. The lowest BCUT2D eigenvalue weighted by atomic mass is 9.96. The van der Waals surface area contributed by atoms with Gasteiger partial charge in [-0.05, 0) is 25.7 Å². The third-order valence-electron chi connectivity index (χ3n) is 4.54. The minimum atomic E-state index is -0.219. The van der Waals surface area contributed by atoms with Gasteiger partial charge in [-0.15, -0.1) is 0 Å². The second-order valence-electron chi connectivity index (χ2n) is 7.22. The zero-order valence-corrected chi connectivity index (χ0v) is 16.3. The van der Waals surface area contributed by atoms with E-state index >= 15 is 0 Å². The molecule has 0 bridgehead atoms. The molecule has 1 aliphatic rings. The molecule has 3 amide bonds. The Labute approximate surface area is 159 Å². The van der Waals surface area contributed by atoms with E-state index in [1.165, 1.54) is 6.07 Å². The van der Waals surface area contributed by atoms with Gasteiger partial charge in [-0.1, -0.05) is 13.8 Å². The first-order valence-corrected chi connectivity index (χ1v) is 9.47. The molecule has 0 radical (unpaired) electrons. The van der Waals surface area contributed by atoms with Crippen molar-refractivity contribution in [1.82, 2.24) is 25.5 Å². The summed E-state index contributed by atoms with van der Waals surface area (Å²) < 4.78 is 0. The second-order valence-corrected chi connectivity index (χ2v) is 7.22. The number of aromatic nitrogens is 2. The molecule has 27 heavy (non-hydrogen) atoms. The van der Waals surface area contributed by atoms with E-state index in [-0.39, 0.29) is 23.4 Å². The normalized spacial score (nSPS) is 14.9. The van der Waals surface area contributed by atoms with Gasteiger partial charge in [0.2, 0.25) is 11.9 Å². The highest BCUT2D eigenvalue weighted by molar-refractivity contribution is 5.78. The second kappa shape index (κ2) is 9.94. The topological polar surface area (TPSA) is 119 Å². The number of nitrogens with zero attached hydrogens (tertiary/aromatic N) is 2. The first-order valence-electron chi connectivity index (χ1n) is 9.47. The van der Waals surface area contributed by atoms with E-state index in [9.17, 15) is 14.4 Å². The van der Waals surface area contributed by atoms with E-state index in [1.807, 2.05) is 18.7 Å². The highest BCUT2D eigenvalue weighted by Gasteiger charge is 2.24. The van der Waals surface area contributed by atoms with Crippen LogP contribution in [0, 0.1) is 18.8 Å². The van der Waals surface area contributed by atoms with Gasteiger partial charge in [0.1, 0.15) is 0 Å². The summed E-state index contributed by atoms with van der Waals surface area (Å²) in [6, 6.07) is 1.20. The first-order chi connectivity index (χ1) is 12.8. The molecule has 0 atom stereocenters. The molecule has 1 aromatic rings. The monoisotopic (exact) mass is 378 g/mol. The molecule has 1 saturated heterocycles. The van der Waals surface area contributed by atoms with Crippen LogP contribution in [0.5, 0.6) is 0 Å². The standard InChI is InChI=1S/C18H30N6O3/c1-12(2)16(26)24-8-4-14(5-9-24)11-21-18(27)20-7-6-19-17-22-13(3)10-15(25)23-17/h10,12,14H,4-9,11H2,1-3H3,(H2,20,21,27)(H2,19,22,23,25). The highest BCUT2D eigenvalue weighted by atomic mass is 16.2. The van der Waals surface area contributed by atoms with Crippen LogP contribution in [0.3, 0.4) is 0 Å². The first kappa shape index (κ1) is 20.7. The maximum atomic E-state index is 12.0. The quantitative estimate of drug-likeness (QED) is 0.520. The number of hydrogen-bond donors (Lipinski definition) is 4. The number of aromatic amines is 1. The smallest absolute Gasteiger partial charge is 0.314 e. The minimum Gasteiger partial charge on any atom is -0.354 e. The van der Waals surface area contributed by atoms with Crippen molar-refractivity contribution in [1.29, 1.82) is 0 Å². The van der Waals surface area contributed by atoms with Crippen LogP contribution in [0.4, 0.5) is 10.7 Å². The summed E-state index contributed by atoms with van der Waals surface area (Å²) in [7, 11) is 0. The van der Waals surface area contributed by atoms with Crippen molar-refractivity contribution in [2.45, 2.75) is 33.6 Å². The molecule has 1 aliphatic heterocycles. The van der Waals surface area contributed by atoms with Gasteiger partial charge in [0.15, 0.2) is 0 Å². The number of hydrogen-bond acceptors (Lipinski definition) is 5. The van der Waals surface area contributed by atoms with Crippen molar-refractivity contribution in [3.8, 4) is 0 Å². The molecule has 0 unspecified atom stereocenters. The summed E-state index contributed by atoms with van der Waals surface area (Å²) in [4.78, 5) is 43.9. The molecular formula is C18H30N6O3. The molecule has 0 aliphatic carbocycles. The van der Waals surface area contributed by atoms with Gasteiger partial charge in [-0.25, -0.2) is 9.78 Å². The maximum absolute atomic E-state index is 12.0. The van der Waals surface area contributed by atoms with Gasteiger partial charge < -0.3 is 20.9 Å². The van der Waals surface area contributed by atoms with Crippen LogP contribution in [-0.2, 0) is 4.79 Å². The van der Waals surface area contributed by atoms with Crippen LogP contribution in [0.25, 0.3) is 0 Å². The Morgan fingerprint density at radius 2 is 1.96 bits per heavy atom. The summed E-state index contributed by atoms with van der Waals surface area (Å²) in [5.41, 5.74) is 0.421. The van der Waals surface area contributed by atoms with E-state index in [0.717, 1.165) is 25.9 Å². The number of carbonyl (C=O) groups is 2. The molecule has 0 aromatic carbocycles. The number of piperidine rings is 1. The Morgan fingerprint density at radius 3 is 2.59 bits per heavy atom. The fourth-order valence-electron chi connectivity index (χ4n) is 3.04. The predicted octanol–water partition coefficient (Wildman–Crippen LogP) is 0.684. The van der Waals surface area contributed by atoms with Crippen molar-refractivity contribution in [3.05, 3.63) is 22.1 Å². The summed E-state index contributed by atoms with van der Waals surface area (Å²) in [5.74, 6) is 1.03. The van der Waals surface area contributed by atoms with Crippen LogP contribution in [0.15, 0.2) is 10.9 Å². The number of likely N-dealkylation sites (tertiary alicyclic amines) is 1. The summed E-state index contributed by atoms with van der Waals surface area (Å²) in [6.45, 7) is 8.57. The van der Waals surface area contributed by atoms with Gasteiger partial charge in [-0.2, -0.15) is 0 Å². The molecule has 2 heterocycles. The molecule has 2 rings (SSSR count). The number of carbonyl (C=O) groups excluding carboxylic acids is 2. The van der Waals surface area contributed by atoms with Crippen LogP contribution in [-0.4, -0.2) is 59.5 Å². The maximum Gasteiger partial charge on any atom is 0.314 e. The molecule has 1 fully saturated rings. The van der Waals surface area contributed by atoms with Crippen LogP contribution in [0.2, 0.25) is 0 Å². The van der Waals surface area contributed by atoms with Gasteiger partial charge in [0, 0.05) is 50.4 Å². The van der Waals surface area contributed by atoms with Crippen molar-refractivity contribution in [2.24, 2.45) is 11.8 Å². The Hall–Kier alpha value is -2.58. The summed E-state index contributed by atoms with van der Waals surface area (Å²) in [5, 5.41) is 8.61. The number of anilines is 1. The average molecular weight is 378 g/mol. The molecule has 9 nitrogen and oxygen atoms in total. The number of H-pyrrole nitrogens is 1. The van der Waals surface area contributed by atoms with E-state index in [0.29, 0.717) is 37.2 Å². The van der Waals surface area contributed by atoms with Crippen molar-refractivity contribution < 1.29 is 9.59 Å². The Bertz CT molecular complexity index is 695. The van der Waals surface area contributed by atoms with Crippen LogP contribution in [0.1, 0.15) is 32.4 Å². The molecule has 150 valence electrons. The van der Waals surface area contributed by atoms with E-state index in [1.54, 1.807) is 6.92 Å². The number of aryl methyl sites for hydroxylation is 1. The predicted molar refractivity (Wildman–Crippen MR) is 104 cm³/mol. The Balaban J connectivity index is 1.59. The minimum absolute atomic E-state index is 0.0342. The largest absolute Gasteiger partial charge is 0.354 e. The highest BCUT2D eigenvalue weighted by Crippen LogP contribution is 2.18. The molecule has 4 N–H and O–H groups in total. The molecule has 0 saturated carbocycles.